The van der Waals surface area contributed by atoms with Crippen molar-refractivity contribution in [1.29, 1.82) is 0 Å². The molecule has 0 radical (unpaired) electrons. The molecule has 24 aromatic carbocycles. The first-order chi connectivity index (χ1) is 59.3. The van der Waals surface area contributed by atoms with Crippen LogP contribution in [0.3, 0.4) is 0 Å². The van der Waals surface area contributed by atoms with Crippen molar-refractivity contribution in [1.82, 2.24) is 0 Å². The molecule has 0 N–H and O–H groups in total. The summed E-state index contributed by atoms with van der Waals surface area (Å²) in [5, 5.41) is 55.2. The topological polar surface area (TPSA) is 0 Å². The van der Waals surface area contributed by atoms with E-state index in [1.54, 1.807) is 33.4 Å². The van der Waals surface area contributed by atoms with Gasteiger partial charge in [-0.1, -0.05) is 182 Å². The van der Waals surface area contributed by atoms with Gasteiger partial charge in [-0.3, -0.25) is 0 Å². The Morgan fingerprint density at radius 2 is 0.333 bits per heavy atom. The average Bonchev–Trinajstić information content (AvgIpc) is 0.763. The number of hydrogen-bond acceptors (Lipinski definition) is 0. The highest BCUT2D eigenvalue weighted by atomic mass is 14.3. The molecule has 24 aromatic rings. The van der Waals surface area contributed by atoms with Gasteiger partial charge in [0.05, 0.1) is 0 Å². The van der Waals surface area contributed by atoms with Crippen LogP contribution in [-0.4, -0.2) is 0 Å². The number of fused-ring (bicyclic) bond motifs is 24. The monoisotopic (exact) mass is 1530 g/mol. The summed E-state index contributed by atoms with van der Waals surface area (Å²) in [7, 11) is 0. The van der Waals surface area contributed by atoms with E-state index in [9.17, 15) is 0 Å². The zero-order valence-electron chi connectivity index (χ0n) is 67.5. The van der Waals surface area contributed by atoms with E-state index in [0.717, 1.165) is 0 Å². The van der Waals surface area contributed by atoms with Gasteiger partial charge in [0.25, 0.3) is 0 Å². The van der Waals surface area contributed by atoms with Gasteiger partial charge in [0.15, 0.2) is 0 Å². The highest BCUT2D eigenvalue weighted by Crippen LogP contribution is 2.46. The predicted octanol–water partition coefficient (Wildman–Crippen LogP) is 32.6. The van der Waals surface area contributed by atoms with Gasteiger partial charge in [0.2, 0.25) is 0 Å². The van der Waals surface area contributed by atoms with E-state index in [-0.39, 0.29) is 0 Å². The first kappa shape index (κ1) is 68.5. The lowest BCUT2D eigenvalue weighted by Gasteiger charge is -2.21. The van der Waals surface area contributed by atoms with Gasteiger partial charge < -0.3 is 0 Å². The van der Waals surface area contributed by atoms with Gasteiger partial charge in [0.1, 0.15) is 0 Å². The summed E-state index contributed by atoms with van der Waals surface area (Å²) in [6.45, 7) is 0. The van der Waals surface area contributed by atoms with E-state index in [2.05, 4.69) is 328 Å². The number of hydrogen-bond donors (Lipinski definition) is 0. The van der Waals surface area contributed by atoms with Crippen molar-refractivity contribution in [3.05, 3.63) is 383 Å². The first-order valence-electron chi connectivity index (χ1n) is 44.3. The molecule has 0 heterocycles. The molecule has 0 spiro atoms. The lowest BCUT2D eigenvalue weighted by atomic mass is 9.83. The largest absolute Gasteiger partial charge is 0.0616 e. The quantitative estimate of drug-likeness (QED) is 0.105. The Bertz CT molecular complexity index is 8470. The third kappa shape index (κ3) is 11.1. The van der Waals surface area contributed by atoms with Crippen LogP contribution >= 0.6 is 0 Å². The fourth-order valence-corrected chi connectivity index (χ4v) is 23.4. The molecule has 0 saturated heterocycles. The minimum atomic E-state index is 1.19. The summed E-state index contributed by atoms with van der Waals surface area (Å²) in [4.78, 5) is 0. The maximum absolute atomic E-state index is 2.48. The zero-order chi connectivity index (χ0) is 78.4. The lowest BCUT2D eigenvalue weighted by Crippen LogP contribution is -2.02. The summed E-state index contributed by atoms with van der Waals surface area (Å²) >= 11 is 0. The van der Waals surface area contributed by atoms with Gasteiger partial charge in [-0.15, -0.1) is 0 Å². The fourth-order valence-electron chi connectivity index (χ4n) is 23.4. The summed E-state index contributed by atoms with van der Waals surface area (Å²) in [6, 6.07) is 125. The Morgan fingerprint density at radius 1 is 0.108 bits per heavy atom. The van der Waals surface area contributed by atoms with E-state index in [0.29, 0.717) is 0 Å². The maximum atomic E-state index is 2.48. The zero-order valence-corrected chi connectivity index (χ0v) is 67.5. The molecule has 0 amide bonds. The van der Waals surface area contributed by atoms with Crippen molar-refractivity contribution < 1.29 is 0 Å². The third-order valence-corrected chi connectivity index (χ3v) is 29.0. The molecule has 0 aromatic heterocycles. The second-order valence-corrected chi connectivity index (χ2v) is 35.9. The molecule has 5 aliphatic carbocycles. The van der Waals surface area contributed by atoms with Crippen LogP contribution in [0.15, 0.2) is 328 Å². The molecule has 0 saturated carbocycles. The van der Waals surface area contributed by atoms with Crippen LogP contribution in [0, 0.1) is 0 Å². The molecule has 120 heavy (non-hydrogen) atoms. The minimum absolute atomic E-state index is 1.19. The molecule has 0 unspecified atom stereocenters. The molecule has 0 fully saturated rings. The van der Waals surface area contributed by atoms with E-state index in [1.807, 2.05) is 0 Å². The maximum Gasteiger partial charge on any atom is -0.00960 e. The van der Waals surface area contributed by atoms with Crippen LogP contribution in [0.2, 0.25) is 0 Å². The first-order valence-corrected chi connectivity index (χ1v) is 44.3. The summed E-state index contributed by atoms with van der Waals surface area (Å²) in [6.07, 6.45) is 19.8. The molecule has 0 bridgehead atoms. The van der Waals surface area contributed by atoms with Crippen LogP contribution in [0.1, 0.15) is 94.2 Å². The lowest BCUT2D eigenvalue weighted by molar-refractivity contribution is 0.690. The third-order valence-electron chi connectivity index (χ3n) is 29.0. The Labute approximate surface area is 696 Å². The fraction of sp³-hybridized carbons (Fsp3) is 0.133. The summed E-state index contributed by atoms with van der Waals surface area (Å²) in [5.74, 6) is 0. The van der Waals surface area contributed by atoms with Gasteiger partial charge in [-0.05, 0) is 519 Å². The molecule has 0 atom stereocenters. The van der Waals surface area contributed by atoms with Crippen molar-refractivity contribution in [3.63, 3.8) is 0 Å². The second-order valence-electron chi connectivity index (χ2n) is 35.9. The van der Waals surface area contributed by atoms with E-state index < -0.39 is 0 Å². The van der Waals surface area contributed by atoms with Crippen molar-refractivity contribution in [2.45, 2.75) is 103 Å². The van der Waals surface area contributed by atoms with E-state index in [4.69, 9.17) is 0 Å². The molecular formula is C120H86. The van der Waals surface area contributed by atoms with Crippen molar-refractivity contribution >= 4 is 215 Å². The second kappa shape index (κ2) is 27.0. The van der Waals surface area contributed by atoms with Crippen LogP contribution in [0.25, 0.3) is 215 Å². The molecule has 29 rings (SSSR count). The van der Waals surface area contributed by atoms with Gasteiger partial charge >= 0.3 is 0 Å². The van der Waals surface area contributed by atoms with Crippen molar-refractivity contribution in [3.8, 4) is 0 Å². The standard InChI is InChI=1S/C32H24.C30H22.2C29H20/c1-5-19-7-3-11-27-29-17-24-16-26-14-22-10-2-6-20-8-4-12-28(32(20)22)30(26)18-23(24)15-25(29)13-21(9-1)31(19)27;1-2-7-21-14-26-18-30-22(15-25(26)13-20(21)6-1)11-12-24-16-28-23(17-29(24)30)10-9-19-5-3-4-8-27(19)28;1-2-6-20-12-23-15-25-17-28-26(16-24(25)14-22(23)11-19(20)5-1)13-21-9-3-7-18-8-4-10-27(28)29(18)21;1-2-6-20-14-24-17-27-21(15-23(24)13-19(20)5-1)11-12-25-26-10-4-8-18-7-3-9-22(29(18)26)16-28(25)27/h1-2,5-6,9-10,13-18H,3-4,7-8,11-12H2;1-2,6-7,9-18H,3-5,8H2;2*1-3,5-7,9,11-17H,4,8,10H2. The van der Waals surface area contributed by atoms with Crippen LogP contribution in [0.4, 0.5) is 0 Å². The molecular weight excluding hydrogens is 1440 g/mol. The number of benzene rings is 24. The normalized spacial score (nSPS) is 14.3. The molecule has 566 valence electrons. The van der Waals surface area contributed by atoms with E-state index in [1.165, 1.54) is 340 Å². The SMILES string of the molecule is c1cc2c3c(c4cc5cc6cc7cccc8c7c(c6cc5cc4cc3c1)CCC8)CCC2.c1ccc2cc3cc4c(ccc5c6c7c(cccc7cc54)CCC6)cc3cc2c1.c1ccc2cc3cc4c(ccc5cc6c7c(ccc6cc54)CCCC7)cc3cc2c1.c1ccc2cc3cc4cc5c6c7c(cccc7cc5cc4cc3cc2c1)CCC6. The Hall–Kier alpha value is -13.5. The highest BCUT2D eigenvalue weighted by Gasteiger charge is 2.24. The van der Waals surface area contributed by atoms with Gasteiger partial charge in [0, 0.05) is 0 Å². The average molecular weight is 1530 g/mol. The summed E-state index contributed by atoms with van der Waals surface area (Å²) < 4.78 is 0. The van der Waals surface area contributed by atoms with E-state index >= 15 is 0 Å². The molecule has 0 heteroatoms. The van der Waals surface area contributed by atoms with Crippen LogP contribution in [0.5, 0.6) is 0 Å². The minimum Gasteiger partial charge on any atom is -0.0616 e. The smallest absolute Gasteiger partial charge is 0.00960 e. The molecule has 0 nitrogen and oxygen atoms in total. The van der Waals surface area contributed by atoms with Gasteiger partial charge in [-0.2, -0.15) is 0 Å². The van der Waals surface area contributed by atoms with Crippen LogP contribution < -0.4 is 0 Å². The Balaban J connectivity index is 0.0000000866. The van der Waals surface area contributed by atoms with Crippen molar-refractivity contribution in [2.24, 2.45) is 0 Å². The molecule has 5 aliphatic rings. The van der Waals surface area contributed by atoms with Crippen molar-refractivity contribution in [2.75, 3.05) is 0 Å². The van der Waals surface area contributed by atoms with Crippen LogP contribution in [-0.2, 0) is 64.2 Å². The predicted molar refractivity (Wildman–Crippen MR) is 521 cm³/mol. The summed E-state index contributed by atoms with van der Waals surface area (Å²) in [5.41, 5.74) is 15.5. The number of rotatable bonds is 0. The highest BCUT2D eigenvalue weighted by molar-refractivity contribution is 6.21. The van der Waals surface area contributed by atoms with Gasteiger partial charge in [-0.25, -0.2) is 0 Å². The Morgan fingerprint density at radius 3 is 0.733 bits per heavy atom. The molecule has 0 aliphatic heterocycles. The Kier molecular flexibility index (Phi) is 15.4. The number of aryl methyl sites for hydroxylation is 10.